The van der Waals surface area contributed by atoms with E-state index in [1.54, 1.807) is 7.11 Å². The van der Waals surface area contributed by atoms with Crippen molar-refractivity contribution in [2.75, 3.05) is 33.4 Å². The lowest BCUT2D eigenvalue weighted by molar-refractivity contribution is 0.155. The van der Waals surface area contributed by atoms with Crippen LogP contribution in [0.5, 0.6) is 0 Å². The van der Waals surface area contributed by atoms with Crippen LogP contribution in [-0.2, 0) is 4.74 Å². The summed E-state index contributed by atoms with van der Waals surface area (Å²) in [7, 11) is 1.74. The van der Waals surface area contributed by atoms with E-state index in [0.717, 1.165) is 32.7 Å². The zero-order chi connectivity index (χ0) is 8.53. The highest BCUT2D eigenvalue weighted by Crippen LogP contribution is 1.99. The van der Waals surface area contributed by atoms with Crippen molar-refractivity contribution in [2.45, 2.75) is 13.3 Å². The molecule has 0 aromatic heterocycles. The summed E-state index contributed by atoms with van der Waals surface area (Å²) < 4.78 is 5.01. The van der Waals surface area contributed by atoms with Crippen molar-refractivity contribution < 1.29 is 4.74 Å². The SMILES string of the molecule is COCC(C)CCNCCN. The Kier molecular flexibility index (Phi) is 7.89. The van der Waals surface area contributed by atoms with Gasteiger partial charge >= 0.3 is 0 Å². The smallest absolute Gasteiger partial charge is 0.0488 e. The molecule has 0 fully saturated rings. The second kappa shape index (κ2) is 7.98. The van der Waals surface area contributed by atoms with E-state index in [-0.39, 0.29) is 0 Å². The molecule has 0 aliphatic heterocycles. The van der Waals surface area contributed by atoms with Crippen molar-refractivity contribution in [3.05, 3.63) is 0 Å². The van der Waals surface area contributed by atoms with Crippen molar-refractivity contribution in [1.29, 1.82) is 0 Å². The van der Waals surface area contributed by atoms with Crippen molar-refractivity contribution in [1.82, 2.24) is 5.32 Å². The predicted molar refractivity (Wildman–Crippen MR) is 47.6 cm³/mol. The molecule has 3 N–H and O–H groups in total. The van der Waals surface area contributed by atoms with Gasteiger partial charge in [0.1, 0.15) is 0 Å². The lowest BCUT2D eigenvalue weighted by Gasteiger charge is -2.09. The van der Waals surface area contributed by atoms with Crippen LogP contribution in [0, 0.1) is 5.92 Å². The molecule has 0 spiro atoms. The maximum atomic E-state index is 5.32. The fraction of sp³-hybridized carbons (Fsp3) is 1.00. The van der Waals surface area contributed by atoms with Crippen LogP contribution in [-0.4, -0.2) is 33.4 Å². The van der Waals surface area contributed by atoms with Gasteiger partial charge in [-0.2, -0.15) is 0 Å². The number of nitrogens with one attached hydrogen (secondary N) is 1. The maximum Gasteiger partial charge on any atom is 0.0488 e. The standard InChI is InChI=1S/C8H20N2O/c1-8(7-11-2)3-5-10-6-4-9/h8,10H,3-7,9H2,1-2H3. The Morgan fingerprint density at radius 3 is 2.73 bits per heavy atom. The number of hydrogen-bond acceptors (Lipinski definition) is 3. The van der Waals surface area contributed by atoms with Crippen molar-refractivity contribution in [3.8, 4) is 0 Å². The van der Waals surface area contributed by atoms with Gasteiger partial charge in [0.15, 0.2) is 0 Å². The van der Waals surface area contributed by atoms with E-state index in [0.29, 0.717) is 5.92 Å². The molecule has 0 aromatic rings. The molecule has 3 heteroatoms. The van der Waals surface area contributed by atoms with Crippen molar-refractivity contribution in [2.24, 2.45) is 11.7 Å². The first-order valence-corrected chi connectivity index (χ1v) is 4.21. The molecule has 0 amide bonds. The lowest BCUT2D eigenvalue weighted by atomic mass is 10.1. The Morgan fingerprint density at radius 2 is 2.18 bits per heavy atom. The maximum absolute atomic E-state index is 5.32. The predicted octanol–water partition coefficient (Wildman–Crippen LogP) is 0.207. The first-order valence-electron chi connectivity index (χ1n) is 4.21. The minimum atomic E-state index is 0.644. The van der Waals surface area contributed by atoms with E-state index < -0.39 is 0 Å². The summed E-state index contributed by atoms with van der Waals surface area (Å²) in [5, 5.41) is 3.24. The summed E-state index contributed by atoms with van der Waals surface area (Å²) >= 11 is 0. The number of rotatable bonds is 7. The number of methoxy groups -OCH3 is 1. The molecular weight excluding hydrogens is 140 g/mol. The Hall–Kier alpha value is -0.120. The second-order valence-electron chi connectivity index (χ2n) is 2.89. The minimum Gasteiger partial charge on any atom is -0.384 e. The van der Waals surface area contributed by atoms with Gasteiger partial charge in [-0.1, -0.05) is 6.92 Å². The van der Waals surface area contributed by atoms with E-state index in [1.165, 1.54) is 0 Å². The molecule has 1 unspecified atom stereocenters. The molecule has 0 aromatic carbocycles. The number of ether oxygens (including phenoxy) is 1. The Labute approximate surface area is 69.3 Å². The lowest BCUT2D eigenvalue weighted by Crippen LogP contribution is -2.25. The van der Waals surface area contributed by atoms with Crippen LogP contribution >= 0.6 is 0 Å². The average molecular weight is 160 g/mol. The molecule has 0 rings (SSSR count). The van der Waals surface area contributed by atoms with E-state index >= 15 is 0 Å². The van der Waals surface area contributed by atoms with Gasteiger partial charge < -0.3 is 15.8 Å². The van der Waals surface area contributed by atoms with E-state index in [2.05, 4.69) is 12.2 Å². The quantitative estimate of drug-likeness (QED) is 0.523. The zero-order valence-electron chi connectivity index (χ0n) is 7.60. The Bertz CT molecular complexity index is 78.5. The van der Waals surface area contributed by atoms with Gasteiger partial charge in [-0.15, -0.1) is 0 Å². The highest BCUT2D eigenvalue weighted by atomic mass is 16.5. The van der Waals surface area contributed by atoms with Crippen LogP contribution in [0.1, 0.15) is 13.3 Å². The van der Waals surface area contributed by atoms with Gasteiger partial charge in [0.25, 0.3) is 0 Å². The molecule has 0 saturated carbocycles. The minimum absolute atomic E-state index is 0.644. The highest BCUT2D eigenvalue weighted by molar-refractivity contribution is 4.54. The fourth-order valence-corrected chi connectivity index (χ4v) is 0.943. The summed E-state index contributed by atoms with van der Waals surface area (Å²) in [4.78, 5) is 0. The van der Waals surface area contributed by atoms with Crippen LogP contribution in [0.15, 0.2) is 0 Å². The molecule has 1 atom stereocenters. The van der Waals surface area contributed by atoms with Crippen molar-refractivity contribution >= 4 is 0 Å². The van der Waals surface area contributed by atoms with E-state index in [1.807, 2.05) is 0 Å². The molecule has 0 bridgehead atoms. The zero-order valence-corrected chi connectivity index (χ0v) is 7.60. The summed E-state index contributed by atoms with van der Waals surface area (Å²) in [6.45, 7) is 5.72. The van der Waals surface area contributed by atoms with Crippen LogP contribution in [0.4, 0.5) is 0 Å². The Morgan fingerprint density at radius 1 is 1.45 bits per heavy atom. The molecule has 0 aliphatic carbocycles. The van der Waals surface area contributed by atoms with Gasteiger partial charge in [0.2, 0.25) is 0 Å². The molecule has 3 nitrogen and oxygen atoms in total. The average Bonchev–Trinajstić information content (AvgIpc) is 1.99. The fourth-order valence-electron chi connectivity index (χ4n) is 0.943. The van der Waals surface area contributed by atoms with Gasteiger partial charge in [-0.25, -0.2) is 0 Å². The van der Waals surface area contributed by atoms with Crippen LogP contribution in [0.3, 0.4) is 0 Å². The topological polar surface area (TPSA) is 47.3 Å². The second-order valence-corrected chi connectivity index (χ2v) is 2.89. The number of nitrogens with two attached hydrogens (primary N) is 1. The van der Waals surface area contributed by atoms with Crippen molar-refractivity contribution in [3.63, 3.8) is 0 Å². The van der Waals surface area contributed by atoms with Gasteiger partial charge in [0, 0.05) is 26.8 Å². The summed E-state index contributed by atoms with van der Waals surface area (Å²) in [6.07, 6.45) is 1.16. The third-order valence-electron chi connectivity index (χ3n) is 1.59. The van der Waals surface area contributed by atoms with Crippen LogP contribution in [0.2, 0.25) is 0 Å². The first-order chi connectivity index (χ1) is 5.31. The van der Waals surface area contributed by atoms with Crippen LogP contribution < -0.4 is 11.1 Å². The van der Waals surface area contributed by atoms with Crippen LogP contribution in [0.25, 0.3) is 0 Å². The molecule has 0 saturated heterocycles. The van der Waals surface area contributed by atoms with E-state index in [9.17, 15) is 0 Å². The van der Waals surface area contributed by atoms with Gasteiger partial charge in [-0.3, -0.25) is 0 Å². The molecule has 0 aliphatic rings. The summed E-state index contributed by atoms with van der Waals surface area (Å²) in [5.41, 5.74) is 5.32. The third kappa shape index (κ3) is 7.78. The Balaban J connectivity index is 2.97. The van der Waals surface area contributed by atoms with E-state index in [4.69, 9.17) is 10.5 Å². The molecular formula is C8H20N2O. The van der Waals surface area contributed by atoms with Gasteiger partial charge in [-0.05, 0) is 18.9 Å². The third-order valence-corrected chi connectivity index (χ3v) is 1.59. The first kappa shape index (κ1) is 10.9. The normalized spacial score (nSPS) is 13.4. The molecule has 68 valence electrons. The summed E-state index contributed by atoms with van der Waals surface area (Å²) in [5.74, 6) is 0.644. The monoisotopic (exact) mass is 160 g/mol. The summed E-state index contributed by atoms with van der Waals surface area (Å²) in [6, 6.07) is 0. The number of hydrogen-bond donors (Lipinski definition) is 2. The molecule has 11 heavy (non-hydrogen) atoms. The largest absolute Gasteiger partial charge is 0.384 e. The highest BCUT2D eigenvalue weighted by Gasteiger charge is 1.98. The van der Waals surface area contributed by atoms with Gasteiger partial charge in [0.05, 0.1) is 0 Å². The molecule has 0 radical (unpaired) electrons. The molecule has 0 heterocycles.